The minimum atomic E-state index is -0.370. The Morgan fingerprint density at radius 1 is 0.951 bits per heavy atom. The molecule has 4 aliphatic rings. The lowest BCUT2D eigenvalue weighted by Crippen LogP contribution is -2.53. The lowest BCUT2D eigenvalue weighted by molar-refractivity contribution is -0.134. The fraction of sp³-hybridized carbons (Fsp3) is 0.500. The maximum absolute atomic E-state index is 13.5. The van der Waals surface area contributed by atoms with E-state index in [9.17, 15) is 14.4 Å². The Labute approximate surface area is 238 Å². The number of hydrogen-bond acceptors (Lipinski definition) is 8. The Hall–Kier alpha value is -3.83. The molecule has 2 saturated heterocycles. The van der Waals surface area contributed by atoms with Crippen molar-refractivity contribution in [3.63, 3.8) is 0 Å². The quantitative estimate of drug-likeness (QED) is 0.548. The maximum atomic E-state index is 13.5. The summed E-state index contributed by atoms with van der Waals surface area (Å²) in [5.41, 5.74) is 1.89. The Morgan fingerprint density at radius 3 is 2.61 bits per heavy atom. The molecule has 4 heterocycles. The minimum absolute atomic E-state index is 0.0625. The summed E-state index contributed by atoms with van der Waals surface area (Å²) in [6.07, 6.45) is 2.28. The molecular weight excluding hydrogens is 530 g/mol. The molecule has 6 rings (SSSR count). The van der Waals surface area contributed by atoms with Crippen molar-refractivity contribution in [1.29, 1.82) is 0 Å². The van der Waals surface area contributed by atoms with E-state index >= 15 is 0 Å². The van der Waals surface area contributed by atoms with Crippen LogP contribution in [0.15, 0.2) is 36.4 Å². The van der Waals surface area contributed by atoms with E-state index in [2.05, 4.69) is 10.6 Å². The van der Waals surface area contributed by atoms with Crippen molar-refractivity contribution >= 4 is 23.4 Å². The summed E-state index contributed by atoms with van der Waals surface area (Å²) in [6, 6.07) is 10.6. The van der Waals surface area contributed by atoms with E-state index in [1.807, 2.05) is 18.2 Å². The van der Waals surface area contributed by atoms with Crippen molar-refractivity contribution in [3.05, 3.63) is 47.5 Å². The van der Waals surface area contributed by atoms with Crippen LogP contribution in [0.5, 0.6) is 17.2 Å². The monoisotopic (exact) mass is 565 g/mol. The summed E-state index contributed by atoms with van der Waals surface area (Å²) in [7, 11) is 1.77. The number of fused-ring (bicyclic) bond motifs is 3. The zero-order chi connectivity index (χ0) is 28.3. The molecule has 0 radical (unpaired) electrons. The Kier molecular flexibility index (Phi) is 7.97. The van der Waals surface area contributed by atoms with Gasteiger partial charge in [-0.25, -0.2) is 0 Å². The number of carbonyl (C=O) groups is 3. The van der Waals surface area contributed by atoms with E-state index in [1.54, 1.807) is 30.1 Å². The van der Waals surface area contributed by atoms with Gasteiger partial charge in [-0.3, -0.25) is 14.4 Å². The van der Waals surface area contributed by atoms with Gasteiger partial charge in [0.15, 0.2) is 11.5 Å². The summed E-state index contributed by atoms with van der Waals surface area (Å²) in [5, 5.41) is 5.90. The highest BCUT2D eigenvalue weighted by atomic mass is 16.7. The second kappa shape index (κ2) is 12.0. The van der Waals surface area contributed by atoms with Crippen molar-refractivity contribution in [3.8, 4) is 17.2 Å². The molecule has 3 atom stereocenters. The molecule has 11 nitrogen and oxygen atoms in total. The molecule has 0 saturated carbocycles. The van der Waals surface area contributed by atoms with E-state index in [0.717, 1.165) is 5.56 Å². The van der Waals surface area contributed by atoms with Crippen LogP contribution in [0.4, 0.5) is 5.69 Å². The molecule has 0 spiro atoms. The highest BCUT2D eigenvalue weighted by Gasteiger charge is 2.39. The molecule has 0 bridgehead atoms. The Bertz CT molecular complexity index is 1310. The molecule has 218 valence electrons. The SMILES string of the molecule is CN1C(=O)c2cc(NC(=O)C3CCOCC3)ccc2OC[C@@H]2O[C@H](CC(=O)NCc3ccc4c(c3)OCO4)CC[C@H]21. The van der Waals surface area contributed by atoms with Gasteiger partial charge in [0.2, 0.25) is 18.6 Å². The zero-order valence-corrected chi connectivity index (χ0v) is 23.1. The number of nitrogens with zero attached hydrogens (tertiary/aromatic N) is 1. The molecule has 2 aromatic rings. The van der Waals surface area contributed by atoms with E-state index in [4.69, 9.17) is 23.7 Å². The van der Waals surface area contributed by atoms with Gasteiger partial charge in [0.05, 0.1) is 24.1 Å². The van der Waals surface area contributed by atoms with Crippen LogP contribution in [-0.4, -0.2) is 74.5 Å². The molecular formula is C30H35N3O8. The number of nitrogens with one attached hydrogen (secondary N) is 2. The molecule has 2 N–H and O–H groups in total. The first-order valence-corrected chi connectivity index (χ1v) is 14.2. The molecule has 4 aliphatic heterocycles. The number of rotatable bonds is 6. The van der Waals surface area contributed by atoms with Gasteiger partial charge < -0.3 is 39.2 Å². The molecule has 2 fully saturated rings. The lowest BCUT2D eigenvalue weighted by Gasteiger charge is -2.42. The number of amides is 3. The zero-order valence-electron chi connectivity index (χ0n) is 23.1. The maximum Gasteiger partial charge on any atom is 0.257 e. The number of carbonyl (C=O) groups excluding carboxylic acids is 3. The predicted octanol–water partition coefficient (Wildman–Crippen LogP) is 2.87. The molecule has 0 aromatic heterocycles. The van der Waals surface area contributed by atoms with Crippen molar-refractivity contribution in [1.82, 2.24) is 10.2 Å². The van der Waals surface area contributed by atoms with E-state index in [1.165, 1.54) is 0 Å². The van der Waals surface area contributed by atoms with Crippen molar-refractivity contribution in [2.75, 3.05) is 39.0 Å². The second-order valence-corrected chi connectivity index (χ2v) is 10.9. The number of benzene rings is 2. The first-order chi connectivity index (χ1) is 19.9. The van der Waals surface area contributed by atoms with Gasteiger partial charge in [-0.15, -0.1) is 0 Å². The molecule has 0 unspecified atom stereocenters. The number of hydrogen-bond donors (Lipinski definition) is 2. The highest BCUT2D eigenvalue weighted by molar-refractivity contribution is 6.00. The number of ether oxygens (including phenoxy) is 5. The van der Waals surface area contributed by atoms with Gasteiger partial charge in [0, 0.05) is 38.4 Å². The first-order valence-electron chi connectivity index (χ1n) is 14.2. The summed E-state index contributed by atoms with van der Waals surface area (Å²) in [5.74, 6) is 1.36. The molecule has 0 aliphatic carbocycles. The van der Waals surface area contributed by atoms with Crippen LogP contribution in [0, 0.1) is 5.92 Å². The standard InChI is InChI=1S/C30H35N3O8/c1-33-23-5-4-21(14-28(34)31-15-18-2-6-25-26(12-18)40-17-39-25)41-27(23)16-38-24-7-3-20(13-22(24)30(33)36)32-29(35)19-8-10-37-11-9-19/h2-3,6-7,12-13,19,21,23,27H,4-5,8-11,14-17H2,1H3,(H,31,34)(H,32,35)/t21-,23+,27-/m0/s1. The number of likely N-dealkylation sites (N-methyl/N-ethyl adjacent to an activating group) is 1. The summed E-state index contributed by atoms with van der Waals surface area (Å²) in [4.78, 5) is 40.6. The highest BCUT2D eigenvalue weighted by Crippen LogP contribution is 2.34. The van der Waals surface area contributed by atoms with Crippen molar-refractivity contribution < 1.29 is 38.1 Å². The molecule has 2 aromatic carbocycles. The molecule has 3 amide bonds. The fourth-order valence-corrected chi connectivity index (χ4v) is 5.84. The van der Waals surface area contributed by atoms with Gasteiger partial charge in [0.25, 0.3) is 5.91 Å². The van der Waals surface area contributed by atoms with Gasteiger partial charge in [-0.2, -0.15) is 0 Å². The average Bonchev–Trinajstić information content (AvgIpc) is 3.47. The van der Waals surface area contributed by atoms with Crippen LogP contribution < -0.4 is 24.8 Å². The van der Waals surface area contributed by atoms with Crippen LogP contribution in [0.1, 0.15) is 48.0 Å². The van der Waals surface area contributed by atoms with E-state index < -0.39 is 0 Å². The summed E-state index contributed by atoms with van der Waals surface area (Å²) in [6.45, 7) is 1.99. The third kappa shape index (κ3) is 6.11. The number of anilines is 1. The largest absolute Gasteiger partial charge is 0.490 e. The third-order valence-corrected chi connectivity index (χ3v) is 8.21. The fourth-order valence-electron chi connectivity index (χ4n) is 5.84. The Balaban J connectivity index is 1.05. The van der Waals surface area contributed by atoms with Gasteiger partial charge in [0.1, 0.15) is 18.5 Å². The van der Waals surface area contributed by atoms with E-state index in [0.29, 0.717) is 73.9 Å². The van der Waals surface area contributed by atoms with Gasteiger partial charge in [-0.05, 0) is 61.6 Å². The average molecular weight is 566 g/mol. The van der Waals surface area contributed by atoms with Gasteiger partial charge >= 0.3 is 0 Å². The van der Waals surface area contributed by atoms with Gasteiger partial charge in [-0.1, -0.05) is 6.07 Å². The van der Waals surface area contributed by atoms with Crippen LogP contribution in [0.25, 0.3) is 0 Å². The van der Waals surface area contributed by atoms with Crippen LogP contribution in [0.3, 0.4) is 0 Å². The lowest BCUT2D eigenvalue weighted by atomic mass is 9.94. The molecule has 41 heavy (non-hydrogen) atoms. The molecule has 11 heteroatoms. The van der Waals surface area contributed by atoms with Crippen molar-refractivity contribution in [2.45, 2.75) is 56.9 Å². The smallest absolute Gasteiger partial charge is 0.257 e. The summed E-state index contributed by atoms with van der Waals surface area (Å²) < 4.78 is 28.5. The van der Waals surface area contributed by atoms with Crippen molar-refractivity contribution in [2.24, 2.45) is 5.92 Å². The Morgan fingerprint density at radius 2 is 1.76 bits per heavy atom. The minimum Gasteiger partial charge on any atom is -0.490 e. The van der Waals surface area contributed by atoms with Crippen LogP contribution in [-0.2, 0) is 25.6 Å². The topological polar surface area (TPSA) is 125 Å². The third-order valence-electron chi connectivity index (χ3n) is 8.21. The first kappa shape index (κ1) is 27.3. The predicted molar refractivity (Wildman–Crippen MR) is 147 cm³/mol. The second-order valence-electron chi connectivity index (χ2n) is 10.9. The summed E-state index contributed by atoms with van der Waals surface area (Å²) >= 11 is 0. The van der Waals surface area contributed by atoms with E-state index in [-0.39, 0.29) is 61.7 Å². The van der Waals surface area contributed by atoms with Crippen LogP contribution in [0.2, 0.25) is 0 Å². The van der Waals surface area contributed by atoms with Crippen LogP contribution >= 0.6 is 0 Å². The normalized spacial score (nSPS) is 23.9.